The number of ether oxygens (including phenoxy) is 2. The van der Waals surface area contributed by atoms with E-state index >= 15 is 0 Å². The quantitative estimate of drug-likeness (QED) is 0.367. The maximum Gasteiger partial charge on any atom is 0.266 e. The van der Waals surface area contributed by atoms with E-state index in [0.717, 1.165) is 17.5 Å². The summed E-state index contributed by atoms with van der Waals surface area (Å²) in [7, 11) is 0. The van der Waals surface area contributed by atoms with Gasteiger partial charge in [-0.3, -0.25) is 4.79 Å². The van der Waals surface area contributed by atoms with Gasteiger partial charge < -0.3 is 14.8 Å². The molecule has 3 aromatic rings. The van der Waals surface area contributed by atoms with Gasteiger partial charge in [0.1, 0.15) is 29.7 Å². The first-order valence-corrected chi connectivity index (χ1v) is 10.1. The van der Waals surface area contributed by atoms with Crippen molar-refractivity contribution in [3.63, 3.8) is 0 Å². The van der Waals surface area contributed by atoms with Crippen LogP contribution >= 0.6 is 0 Å². The van der Waals surface area contributed by atoms with Crippen molar-refractivity contribution in [1.29, 1.82) is 5.26 Å². The highest BCUT2D eigenvalue weighted by Gasteiger charge is 2.10. The van der Waals surface area contributed by atoms with Gasteiger partial charge in [-0.05, 0) is 60.0 Å². The van der Waals surface area contributed by atoms with Gasteiger partial charge in [0.25, 0.3) is 5.91 Å². The fourth-order valence-electron chi connectivity index (χ4n) is 2.80. The van der Waals surface area contributed by atoms with Gasteiger partial charge in [0.2, 0.25) is 0 Å². The molecule has 0 aromatic heterocycles. The number of nitriles is 1. The van der Waals surface area contributed by atoms with Crippen molar-refractivity contribution < 1.29 is 14.3 Å². The third-order valence-corrected chi connectivity index (χ3v) is 4.37. The molecule has 0 heterocycles. The summed E-state index contributed by atoms with van der Waals surface area (Å²) in [4.78, 5) is 12.5. The molecule has 3 rings (SSSR count). The second kappa shape index (κ2) is 11.2. The van der Waals surface area contributed by atoms with Crippen LogP contribution in [-0.4, -0.2) is 12.5 Å². The van der Waals surface area contributed by atoms with Gasteiger partial charge in [-0.15, -0.1) is 0 Å². The van der Waals surface area contributed by atoms with Crippen molar-refractivity contribution in [2.75, 3.05) is 11.9 Å². The molecular formula is C26H24N2O3. The smallest absolute Gasteiger partial charge is 0.266 e. The first-order valence-electron chi connectivity index (χ1n) is 10.1. The van der Waals surface area contributed by atoms with Crippen molar-refractivity contribution in [2.45, 2.75) is 20.0 Å². The molecule has 0 radical (unpaired) electrons. The minimum absolute atomic E-state index is 0.0112. The lowest BCUT2D eigenvalue weighted by molar-refractivity contribution is -0.112. The molecule has 0 fully saturated rings. The van der Waals surface area contributed by atoms with E-state index in [-0.39, 0.29) is 5.57 Å². The molecule has 0 bridgehead atoms. The van der Waals surface area contributed by atoms with Crippen LogP contribution in [0.3, 0.4) is 0 Å². The van der Waals surface area contributed by atoms with E-state index in [9.17, 15) is 10.1 Å². The summed E-state index contributed by atoms with van der Waals surface area (Å²) < 4.78 is 11.4. The summed E-state index contributed by atoms with van der Waals surface area (Å²) >= 11 is 0. The third-order valence-electron chi connectivity index (χ3n) is 4.37. The highest BCUT2D eigenvalue weighted by atomic mass is 16.5. The first-order chi connectivity index (χ1) is 15.2. The van der Waals surface area contributed by atoms with E-state index in [4.69, 9.17) is 9.47 Å². The topological polar surface area (TPSA) is 71.3 Å². The number of rotatable bonds is 9. The van der Waals surface area contributed by atoms with Gasteiger partial charge >= 0.3 is 0 Å². The van der Waals surface area contributed by atoms with Crippen molar-refractivity contribution in [3.8, 4) is 17.6 Å². The predicted molar refractivity (Wildman–Crippen MR) is 122 cm³/mol. The Balaban J connectivity index is 1.61. The lowest BCUT2D eigenvalue weighted by atomic mass is 10.1. The predicted octanol–water partition coefficient (Wildman–Crippen LogP) is 5.60. The van der Waals surface area contributed by atoms with Gasteiger partial charge in [0, 0.05) is 5.69 Å². The summed E-state index contributed by atoms with van der Waals surface area (Å²) in [5.74, 6) is 0.932. The zero-order chi connectivity index (χ0) is 21.9. The molecule has 0 spiro atoms. The molecule has 5 heteroatoms. The van der Waals surface area contributed by atoms with E-state index < -0.39 is 5.91 Å². The molecule has 0 aliphatic carbocycles. The van der Waals surface area contributed by atoms with E-state index in [1.54, 1.807) is 36.4 Å². The van der Waals surface area contributed by atoms with Crippen LogP contribution in [0.5, 0.6) is 11.5 Å². The minimum atomic E-state index is -0.472. The normalized spacial score (nSPS) is 10.8. The first kappa shape index (κ1) is 21.7. The Kier molecular flexibility index (Phi) is 7.84. The zero-order valence-corrected chi connectivity index (χ0v) is 17.4. The molecule has 3 aromatic carbocycles. The van der Waals surface area contributed by atoms with Crippen molar-refractivity contribution in [3.05, 3.63) is 95.6 Å². The largest absolute Gasteiger partial charge is 0.494 e. The highest BCUT2D eigenvalue weighted by molar-refractivity contribution is 6.09. The molecule has 0 unspecified atom stereocenters. The van der Waals surface area contributed by atoms with Gasteiger partial charge in [-0.1, -0.05) is 49.4 Å². The number of nitrogens with zero attached hydrogens (tertiary/aromatic N) is 1. The van der Waals surface area contributed by atoms with Crippen LogP contribution in [0.15, 0.2) is 84.4 Å². The number of benzene rings is 3. The zero-order valence-electron chi connectivity index (χ0n) is 17.4. The fraction of sp³-hybridized carbons (Fsp3) is 0.154. The van der Waals surface area contributed by atoms with Crippen LogP contribution in [0, 0.1) is 11.3 Å². The number of carbonyl (C=O) groups excluding carboxylic acids is 1. The molecule has 0 saturated heterocycles. The summed E-state index contributed by atoms with van der Waals surface area (Å²) in [6.07, 6.45) is 2.45. The van der Waals surface area contributed by atoms with Crippen LogP contribution < -0.4 is 14.8 Å². The Labute approximate surface area is 182 Å². The molecule has 1 N–H and O–H groups in total. The van der Waals surface area contributed by atoms with Gasteiger partial charge in [-0.25, -0.2) is 0 Å². The average molecular weight is 412 g/mol. The van der Waals surface area contributed by atoms with Crippen molar-refractivity contribution in [2.24, 2.45) is 0 Å². The number of hydrogen-bond acceptors (Lipinski definition) is 4. The Bertz CT molecular complexity index is 1070. The number of nitrogens with one attached hydrogen (secondary N) is 1. The SMILES string of the molecule is CCCOc1cccc(/C=C(/C#N)C(=O)Nc2ccc(OCc3ccccc3)cc2)c1. The van der Waals surface area contributed by atoms with Crippen LogP contribution in [0.25, 0.3) is 6.08 Å². The van der Waals surface area contributed by atoms with Gasteiger partial charge in [0.15, 0.2) is 0 Å². The van der Waals surface area contributed by atoms with Crippen LogP contribution in [0.2, 0.25) is 0 Å². The van der Waals surface area contributed by atoms with E-state index in [1.165, 1.54) is 0 Å². The van der Waals surface area contributed by atoms with Crippen LogP contribution in [0.1, 0.15) is 24.5 Å². The van der Waals surface area contributed by atoms with Gasteiger partial charge in [-0.2, -0.15) is 5.26 Å². The lowest BCUT2D eigenvalue weighted by Gasteiger charge is -2.08. The standard InChI is InChI=1S/C26H24N2O3/c1-2-15-30-25-10-6-9-21(17-25)16-22(18-27)26(29)28-23-11-13-24(14-12-23)31-19-20-7-4-3-5-8-20/h3-14,16-17H,2,15,19H2,1H3,(H,28,29)/b22-16-. The Morgan fingerprint density at radius 1 is 0.968 bits per heavy atom. The van der Waals surface area contributed by atoms with Crippen LogP contribution in [0.4, 0.5) is 5.69 Å². The summed E-state index contributed by atoms with van der Waals surface area (Å²) in [6.45, 7) is 3.11. The van der Waals surface area contributed by atoms with E-state index in [2.05, 4.69) is 5.32 Å². The second-order valence-electron chi connectivity index (χ2n) is 6.84. The van der Waals surface area contributed by atoms with Crippen LogP contribution in [-0.2, 0) is 11.4 Å². The Hall–Kier alpha value is -4.04. The summed E-state index contributed by atoms with van der Waals surface area (Å²) in [6, 6.07) is 26.2. The number of anilines is 1. The maximum absolute atomic E-state index is 12.5. The molecule has 156 valence electrons. The molecule has 0 aliphatic rings. The Morgan fingerprint density at radius 3 is 2.45 bits per heavy atom. The maximum atomic E-state index is 12.5. The Morgan fingerprint density at radius 2 is 1.74 bits per heavy atom. The van der Waals surface area contributed by atoms with Crippen molar-refractivity contribution in [1.82, 2.24) is 0 Å². The molecule has 1 amide bonds. The fourth-order valence-corrected chi connectivity index (χ4v) is 2.80. The highest BCUT2D eigenvalue weighted by Crippen LogP contribution is 2.19. The number of amides is 1. The molecule has 0 atom stereocenters. The lowest BCUT2D eigenvalue weighted by Crippen LogP contribution is -2.13. The molecule has 31 heavy (non-hydrogen) atoms. The molecule has 0 aliphatic heterocycles. The average Bonchev–Trinajstić information content (AvgIpc) is 2.81. The second-order valence-corrected chi connectivity index (χ2v) is 6.84. The summed E-state index contributed by atoms with van der Waals surface area (Å²) in [5, 5.41) is 12.2. The monoisotopic (exact) mass is 412 g/mol. The molecule has 0 saturated carbocycles. The minimum Gasteiger partial charge on any atom is -0.494 e. The number of carbonyl (C=O) groups is 1. The third kappa shape index (κ3) is 6.76. The summed E-state index contributed by atoms with van der Waals surface area (Å²) in [5.41, 5.74) is 2.40. The van der Waals surface area contributed by atoms with E-state index in [1.807, 2.05) is 61.5 Å². The number of hydrogen-bond donors (Lipinski definition) is 1. The molecule has 5 nitrogen and oxygen atoms in total. The van der Waals surface area contributed by atoms with Crippen molar-refractivity contribution >= 4 is 17.7 Å². The van der Waals surface area contributed by atoms with Gasteiger partial charge in [0.05, 0.1) is 6.61 Å². The molecular weight excluding hydrogens is 388 g/mol. The van der Waals surface area contributed by atoms with E-state index in [0.29, 0.717) is 30.4 Å².